The summed E-state index contributed by atoms with van der Waals surface area (Å²) in [6, 6.07) is 25.1. The van der Waals surface area contributed by atoms with Crippen molar-refractivity contribution in [2.75, 3.05) is 0 Å². The van der Waals surface area contributed by atoms with Crippen molar-refractivity contribution in [2.45, 2.75) is 24.4 Å². The fourth-order valence-corrected chi connectivity index (χ4v) is 4.70. The van der Waals surface area contributed by atoms with Crippen LogP contribution in [0.15, 0.2) is 78.9 Å². The van der Waals surface area contributed by atoms with Gasteiger partial charge in [0.25, 0.3) is 0 Å². The van der Waals surface area contributed by atoms with E-state index in [1.165, 1.54) is 0 Å². The molecule has 0 atom stereocenters. The van der Waals surface area contributed by atoms with Crippen LogP contribution in [0.2, 0.25) is 0 Å². The minimum atomic E-state index is -1.24. The van der Waals surface area contributed by atoms with Gasteiger partial charge >= 0.3 is 0 Å². The van der Waals surface area contributed by atoms with Crippen molar-refractivity contribution >= 4 is 11.8 Å². The molecule has 1 heterocycles. The molecule has 28 heavy (non-hydrogen) atoms. The van der Waals surface area contributed by atoms with E-state index in [2.05, 4.69) is 10.6 Å². The Morgan fingerprint density at radius 3 is 1.64 bits per heavy atom. The van der Waals surface area contributed by atoms with Crippen molar-refractivity contribution in [2.24, 2.45) is 0 Å². The van der Waals surface area contributed by atoms with E-state index in [0.717, 1.165) is 22.3 Å². The molecule has 1 aliphatic heterocycles. The summed E-state index contributed by atoms with van der Waals surface area (Å²) in [5.74, 6) is -0.534. The van der Waals surface area contributed by atoms with Gasteiger partial charge in [0.1, 0.15) is 0 Å². The number of carbonyl (C=O) groups is 2. The molecular weight excluding hydrogens is 348 g/mol. The van der Waals surface area contributed by atoms with Gasteiger partial charge in [-0.15, -0.1) is 0 Å². The van der Waals surface area contributed by atoms with Gasteiger partial charge in [-0.25, -0.2) is 0 Å². The Kier molecular flexibility index (Phi) is 3.47. The maximum Gasteiger partial charge on any atom is 0.242 e. The molecule has 5 rings (SSSR count). The molecule has 1 saturated heterocycles. The summed E-state index contributed by atoms with van der Waals surface area (Å²) in [6.07, 6.45) is 0.383. The van der Waals surface area contributed by atoms with Crippen LogP contribution in [0.1, 0.15) is 30.0 Å². The highest BCUT2D eigenvalue weighted by Gasteiger charge is 2.58. The van der Waals surface area contributed by atoms with Gasteiger partial charge in [-0.3, -0.25) is 9.59 Å². The predicted octanol–water partition coefficient (Wildman–Crippen LogP) is 3.46. The lowest BCUT2D eigenvalue weighted by atomic mass is 9.73. The zero-order valence-corrected chi connectivity index (χ0v) is 15.5. The number of rotatable bonds is 2. The predicted molar refractivity (Wildman–Crippen MR) is 107 cm³/mol. The van der Waals surface area contributed by atoms with Gasteiger partial charge in [0.2, 0.25) is 11.8 Å². The van der Waals surface area contributed by atoms with Crippen molar-refractivity contribution in [3.63, 3.8) is 0 Å². The number of carbonyl (C=O) groups excluding carboxylic acids is 2. The molecule has 138 valence electrons. The van der Waals surface area contributed by atoms with E-state index in [0.29, 0.717) is 12.0 Å². The van der Waals surface area contributed by atoms with Crippen molar-refractivity contribution in [1.82, 2.24) is 10.6 Å². The van der Waals surface area contributed by atoms with Crippen LogP contribution >= 0.6 is 0 Å². The standard InChI is InChI=1S/C24H20N2O2/c1-2-23(16-10-4-3-5-11-16)21(27)25-24(26-22(23)28)19-14-8-6-12-17(19)18-13-7-9-15-20(18)24/h3-15H,2H2,1H3,(H,25,27)(H,26,28). The van der Waals surface area contributed by atoms with Crippen LogP contribution in [0, 0.1) is 0 Å². The van der Waals surface area contributed by atoms with Gasteiger partial charge in [0, 0.05) is 11.1 Å². The van der Waals surface area contributed by atoms with E-state index in [9.17, 15) is 9.59 Å². The topological polar surface area (TPSA) is 58.2 Å². The first-order valence-corrected chi connectivity index (χ1v) is 9.53. The Morgan fingerprint density at radius 2 is 1.14 bits per heavy atom. The summed E-state index contributed by atoms with van der Waals surface area (Å²) in [6.45, 7) is 1.88. The number of hydrogen-bond donors (Lipinski definition) is 2. The van der Waals surface area contributed by atoms with Crippen LogP contribution < -0.4 is 10.6 Å². The zero-order valence-electron chi connectivity index (χ0n) is 15.5. The number of benzene rings is 3. The molecule has 2 N–H and O–H groups in total. The van der Waals surface area contributed by atoms with E-state index < -0.39 is 11.1 Å². The van der Waals surface area contributed by atoms with Crippen molar-refractivity contribution in [3.05, 3.63) is 95.6 Å². The van der Waals surface area contributed by atoms with Gasteiger partial charge in [-0.05, 0) is 23.1 Å². The third-order valence-electron chi connectivity index (χ3n) is 6.13. The lowest BCUT2D eigenvalue weighted by Crippen LogP contribution is -2.71. The summed E-state index contributed by atoms with van der Waals surface area (Å²) >= 11 is 0. The first-order valence-electron chi connectivity index (χ1n) is 9.53. The Hall–Kier alpha value is -3.40. The SMILES string of the molecule is CCC1(c2ccccc2)C(=O)NC2(NC1=O)c1ccccc1-c1ccccc12. The zero-order chi connectivity index (χ0) is 19.4. The van der Waals surface area contributed by atoms with Crippen molar-refractivity contribution in [3.8, 4) is 11.1 Å². The molecule has 0 saturated carbocycles. The summed E-state index contributed by atoms with van der Waals surface area (Å²) in [5.41, 5.74) is 2.30. The lowest BCUT2D eigenvalue weighted by molar-refractivity contribution is -0.145. The summed E-state index contributed by atoms with van der Waals surface area (Å²) in [5, 5.41) is 6.41. The van der Waals surface area contributed by atoms with Crippen LogP contribution in [-0.4, -0.2) is 11.8 Å². The summed E-state index contributed by atoms with van der Waals surface area (Å²) < 4.78 is 0. The third kappa shape index (κ3) is 1.95. The first kappa shape index (κ1) is 16.8. The molecule has 0 bridgehead atoms. The highest BCUT2D eigenvalue weighted by atomic mass is 16.2. The number of amides is 2. The minimum absolute atomic E-state index is 0.267. The molecule has 1 fully saturated rings. The van der Waals surface area contributed by atoms with Gasteiger partial charge in [0.05, 0.1) is 0 Å². The quantitative estimate of drug-likeness (QED) is 0.681. The largest absolute Gasteiger partial charge is 0.324 e. The van der Waals surface area contributed by atoms with Crippen molar-refractivity contribution < 1.29 is 9.59 Å². The van der Waals surface area contributed by atoms with Crippen LogP contribution in [-0.2, 0) is 20.7 Å². The molecule has 0 aromatic heterocycles. The normalized spacial score (nSPS) is 18.2. The minimum Gasteiger partial charge on any atom is -0.324 e. The second-order valence-electron chi connectivity index (χ2n) is 7.37. The molecule has 4 nitrogen and oxygen atoms in total. The lowest BCUT2D eigenvalue weighted by Gasteiger charge is -2.45. The van der Waals surface area contributed by atoms with Gasteiger partial charge in [0.15, 0.2) is 11.1 Å². The molecule has 3 aromatic carbocycles. The second kappa shape index (κ2) is 5.80. The monoisotopic (exact) mass is 368 g/mol. The van der Waals surface area contributed by atoms with E-state index in [4.69, 9.17) is 0 Å². The molecule has 0 radical (unpaired) electrons. The second-order valence-corrected chi connectivity index (χ2v) is 7.37. The number of hydrogen-bond acceptors (Lipinski definition) is 2. The molecule has 1 aliphatic carbocycles. The Morgan fingerprint density at radius 1 is 0.679 bits per heavy atom. The Labute approximate surface area is 163 Å². The Balaban J connectivity index is 1.70. The fraction of sp³-hybridized carbons (Fsp3) is 0.167. The van der Waals surface area contributed by atoms with Gasteiger partial charge < -0.3 is 10.6 Å². The van der Waals surface area contributed by atoms with E-state index >= 15 is 0 Å². The molecule has 2 aliphatic rings. The summed E-state index contributed by atoms with van der Waals surface area (Å²) in [7, 11) is 0. The molecule has 2 amide bonds. The number of fused-ring (bicyclic) bond motifs is 5. The van der Waals surface area contributed by atoms with E-state index in [1.807, 2.05) is 85.8 Å². The molecule has 0 unspecified atom stereocenters. The van der Waals surface area contributed by atoms with Crippen LogP contribution in [0.25, 0.3) is 11.1 Å². The average Bonchev–Trinajstić information content (AvgIpc) is 2.99. The molecule has 3 aromatic rings. The number of nitrogens with one attached hydrogen (secondary N) is 2. The average molecular weight is 368 g/mol. The van der Waals surface area contributed by atoms with Crippen LogP contribution in [0.4, 0.5) is 0 Å². The Bertz CT molecular complexity index is 1040. The summed E-state index contributed by atoms with van der Waals surface area (Å²) in [4.78, 5) is 27.1. The molecular formula is C24H20N2O2. The molecule has 1 spiro atoms. The van der Waals surface area contributed by atoms with Crippen molar-refractivity contribution in [1.29, 1.82) is 0 Å². The third-order valence-corrected chi connectivity index (χ3v) is 6.13. The molecule has 4 heteroatoms. The maximum atomic E-state index is 13.6. The first-order chi connectivity index (χ1) is 13.6. The highest BCUT2D eigenvalue weighted by molar-refractivity contribution is 6.14. The van der Waals surface area contributed by atoms with Gasteiger partial charge in [-0.1, -0.05) is 85.8 Å². The van der Waals surface area contributed by atoms with Gasteiger partial charge in [-0.2, -0.15) is 0 Å². The van der Waals surface area contributed by atoms with Crippen LogP contribution in [0.3, 0.4) is 0 Å². The van der Waals surface area contributed by atoms with Crippen LogP contribution in [0.5, 0.6) is 0 Å². The maximum absolute atomic E-state index is 13.6. The van der Waals surface area contributed by atoms with E-state index in [1.54, 1.807) is 0 Å². The fourth-order valence-electron chi connectivity index (χ4n) is 4.70. The highest BCUT2D eigenvalue weighted by Crippen LogP contribution is 2.48. The smallest absolute Gasteiger partial charge is 0.242 e. The van der Waals surface area contributed by atoms with E-state index in [-0.39, 0.29) is 11.8 Å².